The summed E-state index contributed by atoms with van der Waals surface area (Å²) < 4.78 is 5.30. The van der Waals surface area contributed by atoms with Crippen LogP contribution in [0.25, 0.3) is 0 Å². The van der Waals surface area contributed by atoms with Gasteiger partial charge in [-0.1, -0.05) is 18.2 Å². The highest BCUT2D eigenvalue weighted by Crippen LogP contribution is 2.29. The molecule has 1 aliphatic rings. The van der Waals surface area contributed by atoms with Crippen LogP contribution in [0.1, 0.15) is 42.1 Å². The van der Waals surface area contributed by atoms with E-state index in [1.165, 1.54) is 31.4 Å². The Morgan fingerprint density at radius 1 is 1.17 bits per heavy atom. The fourth-order valence-corrected chi connectivity index (χ4v) is 3.71. The summed E-state index contributed by atoms with van der Waals surface area (Å²) in [4.78, 5) is 27.7. The molecule has 1 amide bonds. The van der Waals surface area contributed by atoms with Gasteiger partial charge in [0.2, 0.25) is 0 Å². The van der Waals surface area contributed by atoms with Crippen molar-refractivity contribution < 1.29 is 14.5 Å². The molecular formula is C22H27N3O4. The number of ether oxygens (including phenoxy) is 1. The molecule has 7 nitrogen and oxygen atoms in total. The predicted octanol–water partition coefficient (Wildman–Crippen LogP) is 4.26. The smallest absolute Gasteiger partial charge is 0.311 e. The highest BCUT2D eigenvalue weighted by molar-refractivity contribution is 5.95. The molecule has 0 aliphatic carbocycles. The lowest BCUT2D eigenvalue weighted by atomic mass is 10.1. The van der Waals surface area contributed by atoms with Crippen molar-refractivity contribution in [3.05, 3.63) is 63.7 Å². The Balaban J connectivity index is 1.79. The molecule has 1 saturated heterocycles. The fraction of sp³-hybridized carbons (Fsp3) is 0.409. The van der Waals surface area contributed by atoms with Crippen LogP contribution in [0.4, 0.5) is 11.4 Å². The Bertz CT molecular complexity index is 878. The lowest BCUT2D eigenvalue weighted by Crippen LogP contribution is -2.32. The normalized spacial score (nSPS) is 13.8. The summed E-state index contributed by atoms with van der Waals surface area (Å²) in [7, 11) is 1.72. The summed E-state index contributed by atoms with van der Waals surface area (Å²) in [6.07, 6.45) is 3.62. The van der Waals surface area contributed by atoms with Gasteiger partial charge in [-0.15, -0.1) is 0 Å². The van der Waals surface area contributed by atoms with Gasteiger partial charge in [-0.05, 0) is 49.9 Å². The Hall–Kier alpha value is -3.09. The molecule has 0 radical (unpaired) electrons. The number of benzene rings is 2. The highest BCUT2D eigenvalue weighted by atomic mass is 16.6. The van der Waals surface area contributed by atoms with Gasteiger partial charge in [0, 0.05) is 44.0 Å². The standard InChI is InChI=1S/C22H27N3O4/c1-3-29-21-12-11-17(15-20(21)25(27)28)22(26)23(2)16-18-9-5-6-10-19(18)24-13-7-4-8-14-24/h5-6,9-12,15H,3-4,7-8,13-14,16H2,1-2H3. The molecule has 29 heavy (non-hydrogen) atoms. The molecule has 0 N–H and O–H groups in total. The van der Waals surface area contributed by atoms with Crippen molar-refractivity contribution in [3.63, 3.8) is 0 Å². The first-order chi connectivity index (χ1) is 14.0. The van der Waals surface area contributed by atoms with E-state index in [2.05, 4.69) is 11.0 Å². The first kappa shape index (κ1) is 20.6. The Morgan fingerprint density at radius 2 is 1.90 bits per heavy atom. The molecule has 2 aromatic carbocycles. The van der Waals surface area contributed by atoms with Crippen LogP contribution in [0.15, 0.2) is 42.5 Å². The number of rotatable bonds is 7. The van der Waals surface area contributed by atoms with Crippen molar-refractivity contribution in [2.24, 2.45) is 0 Å². The topological polar surface area (TPSA) is 75.9 Å². The first-order valence-electron chi connectivity index (χ1n) is 10.0. The van der Waals surface area contributed by atoms with E-state index >= 15 is 0 Å². The monoisotopic (exact) mass is 397 g/mol. The van der Waals surface area contributed by atoms with E-state index in [4.69, 9.17) is 4.74 Å². The number of para-hydroxylation sites is 1. The first-order valence-corrected chi connectivity index (χ1v) is 10.0. The van der Waals surface area contributed by atoms with Gasteiger partial charge in [-0.25, -0.2) is 0 Å². The van der Waals surface area contributed by atoms with E-state index in [9.17, 15) is 14.9 Å². The molecule has 1 heterocycles. The molecule has 0 bridgehead atoms. The molecule has 0 saturated carbocycles. The molecule has 154 valence electrons. The van der Waals surface area contributed by atoms with E-state index in [1.807, 2.05) is 18.2 Å². The average molecular weight is 397 g/mol. The maximum absolute atomic E-state index is 12.9. The van der Waals surface area contributed by atoms with Crippen LogP contribution >= 0.6 is 0 Å². The second kappa shape index (κ2) is 9.41. The number of carbonyl (C=O) groups is 1. The largest absolute Gasteiger partial charge is 0.487 e. The zero-order valence-corrected chi connectivity index (χ0v) is 17.0. The van der Waals surface area contributed by atoms with Gasteiger partial charge in [0.25, 0.3) is 5.91 Å². The van der Waals surface area contributed by atoms with Gasteiger partial charge < -0.3 is 14.5 Å². The van der Waals surface area contributed by atoms with Crippen LogP contribution in [0.2, 0.25) is 0 Å². The van der Waals surface area contributed by atoms with Gasteiger partial charge >= 0.3 is 5.69 Å². The lowest BCUT2D eigenvalue weighted by molar-refractivity contribution is -0.385. The van der Waals surface area contributed by atoms with E-state index in [-0.39, 0.29) is 22.9 Å². The average Bonchev–Trinajstić information content (AvgIpc) is 2.74. The van der Waals surface area contributed by atoms with Crippen molar-refractivity contribution in [1.29, 1.82) is 0 Å². The van der Waals surface area contributed by atoms with Crippen molar-refractivity contribution in [1.82, 2.24) is 4.90 Å². The third kappa shape index (κ3) is 4.85. The Kier molecular flexibility index (Phi) is 6.69. The summed E-state index contributed by atoms with van der Waals surface area (Å²) in [5.74, 6) is -0.0863. The number of hydrogen-bond donors (Lipinski definition) is 0. The van der Waals surface area contributed by atoms with Gasteiger partial charge in [0.05, 0.1) is 11.5 Å². The maximum atomic E-state index is 12.9. The zero-order valence-electron chi connectivity index (χ0n) is 17.0. The number of amides is 1. The van der Waals surface area contributed by atoms with E-state index in [1.54, 1.807) is 24.9 Å². The third-order valence-corrected chi connectivity index (χ3v) is 5.15. The number of nitro benzene ring substituents is 1. The summed E-state index contributed by atoms with van der Waals surface area (Å²) in [5.41, 5.74) is 2.31. The summed E-state index contributed by atoms with van der Waals surface area (Å²) in [5, 5.41) is 11.3. The second-order valence-corrected chi connectivity index (χ2v) is 7.21. The Labute approximate surface area is 171 Å². The molecule has 0 atom stereocenters. The van der Waals surface area contributed by atoms with Crippen LogP contribution in [0.5, 0.6) is 5.75 Å². The number of anilines is 1. The van der Waals surface area contributed by atoms with Gasteiger partial charge in [-0.2, -0.15) is 0 Å². The van der Waals surface area contributed by atoms with Crippen LogP contribution in [0, 0.1) is 10.1 Å². The lowest BCUT2D eigenvalue weighted by Gasteiger charge is -2.31. The van der Waals surface area contributed by atoms with Crippen molar-refractivity contribution in [2.75, 3.05) is 31.6 Å². The van der Waals surface area contributed by atoms with Crippen molar-refractivity contribution in [3.8, 4) is 5.75 Å². The number of carbonyl (C=O) groups excluding carboxylic acids is 1. The van der Waals surface area contributed by atoms with Crippen LogP contribution < -0.4 is 9.64 Å². The molecular weight excluding hydrogens is 370 g/mol. The SMILES string of the molecule is CCOc1ccc(C(=O)N(C)Cc2ccccc2N2CCCCC2)cc1[N+](=O)[O-]. The minimum absolute atomic E-state index is 0.173. The Morgan fingerprint density at radius 3 is 2.59 bits per heavy atom. The predicted molar refractivity (Wildman–Crippen MR) is 113 cm³/mol. The molecule has 3 rings (SSSR count). The van der Waals surface area contributed by atoms with Gasteiger partial charge in [0.1, 0.15) is 0 Å². The molecule has 7 heteroatoms. The number of piperidine rings is 1. The minimum atomic E-state index is -0.520. The molecule has 0 spiro atoms. The zero-order chi connectivity index (χ0) is 20.8. The molecule has 1 fully saturated rings. The minimum Gasteiger partial charge on any atom is -0.487 e. The molecule has 1 aliphatic heterocycles. The number of hydrogen-bond acceptors (Lipinski definition) is 5. The molecule has 0 unspecified atom stereocenters. The highest BCUT2D eigenvalue weighted by Gasteiger charge is 2.22. The van der Waals surface area contributed by atoms with Crippen LogP contribution in [-0.4, -0.2) is 42.5 Å². The summed E-state index contributed by atoms with van der Waals surface area (Å²) >= 11 is 0. The van der Waals surface area contributed by atoms with Crippen molar-refractivity contribution in [2.45, 2.75) is 32.7 Å². The molecule has 2 aromatic rings. The van der Waals surface area contributed by atoms with E-state index < -0.39 is 4.92 Å². The van der Waals surface area contributed by atoms with Gasteiger partial charge in [-0.3, -0.25) is 14.9 Å². The van der Waals surface area contributed by atoms with Crippen LogP contribution in [0.3, 0.4) is 0 Å². The number of nitro groups is 1. The summed E-state index contributed by atoms with van der Waals surface area (Å²) in [6.45, 7) is 4.57. The van der Waals surface area contributed by atoms with Crippen LogP contribution in [-0.2, 0) is 6.54 Å². The van der Waals surface area contributed by atoms with Gasteiger partial charge in [0.15, 0.2) is 5.75 Å². The third-order valence-electron chi connectivity index (χ3n) is 5.15. The summed E-state index contributed by atoms with van der Waals surface area (Å²) in [6, 6.07) is 12.5. The maximum Gasteiger partial charge on any atom is 0.311 e. The number of nitrogens with zero attached hydrogens (tertiary/aromatic N) is 3. The molecule has 0 aromatic heterocycles. The van der Waals surface area contributed by atoms with E-state index in [0.29, 0.717) is 13.2 Å². The second-order valence-electron chi connectivity index (χ2n) is 7.21. The quantitative estimate of drug-likeness (QED) is 0.515. The van der Waals surface area contributed by atoms with Crippen molar-refractivity contribution >= 4 is 17.3 Å². The van der Waals surface area contributed by atoms with E-state index in [0.717, 1.165) is 24.3 Å². The fourth-order valence-electron chi connectivity index (χ4n) is 3.71.